The van der Waals surface area contributed by atoms with Crippen molar-refractivity contribution in [1.29, 1.82) is 0 Å². The maximum absolute atomic E-state index is 12.7. The Labute approximate surface area is 162 Å². The van der Waals surface area contributed by atoms with E-state index in [0.717, 1.165) is 37.9 Å². The van der Waals surface area contributed by atoms with E-state index in [1.807, 2.05) is 6.07 Å². The van der Waals surface area contributed by atoms with Crippen LogP contribution >= 0.6 is 15.9 Å². The van der Waals surface area contributed by atoms with Gasteiger partial charge >= 0.3 is 5.97 Å². The van der Waals surface area contributed by atoms with Crippen molar-refractivity contribution in [3.05, 3.63) is 23.3 Å². The third-order valence-corrected chi connectivity index (χ3v) is 7.73. The van der Waals surface area contributed by atoms with E-state index >= 15 is 0 Å². The van der Waals surface area contributed by atoms with E-state index in [1.165, 1.54) is 18.1 Å². The number of ketones is 1. The molecular weight excluding hydrogens is 396 g/mol. The second kappa shape index (κ2) is 6.36. The first kappa shape index (κ1) is 18.0. The third-order valence-electron chi connectivity index (χ3n) is 6.94. The van der Waals surface area contributed by atoms with Gasteiger partial charge in [0.25, 0.3) is 0 Å². The highest BCUT2D eigenvalue weighted by atomic mass is 79.9. The van der Waals surface area contributed by atoms with Crippen LogP contribution in [0.15, 0.2) is 12.1 Å². The number of carbonyl (C=O) groups excluding carboxylic acids is 2. The number of hydrogen-bond acceptors (Lipinski definition) is 4. The minimum Gasteiger partial charge on any atom is -0.497 e. The number of rotatable bonds is 2. The quantitative estimate of drug-likeness (QED) is 0.403. The summed E-state index contributed by atoms with van der Waals surface area (Å²) >= 11 is 3.61. The summed E-state index contributed by atoms with van der Waals surface area (Å²) in [6.07, 6.45) is 4.82. The molecule has 3 aliphatic rings. The van der Waals surface area contributed by atoms with E-state index in [9.17, 15) is 9.59 Å². The summed E-state index contributed by atoms with van der Waals surface area (Å²) in [5.74, 6) is 2.67. The minimum atomic E-state index is -0.306. The molecule has 4 nitrogen and oxygen atoms in total. The topological polar surface area (TPSA) is 52.6 Å². The van der Waals surface area contributed by atoms with Gasteiger partial charge in [0, 0.05) is 24.0 Å². The molecule has 4 rings (SSSR count). The van der Waals surface area contributed by atoms with Crippen molar-refractivity contribution in [3.8, 4) is 11.5 Å². The van der Waals surface area contributed by atoms with Gasteiger partial charge in [-0.3, -0.25) is 9.59 Å². The van der Waals surface area contributed by atoms with Crippen LogP contribution < -0.4 is 9.47 Å². The lowest BCUT2D eigenvalue weighted by Crippen LogP contribution is -2.42. The molecule has 0 heterocycles. The molecule has 0 spiro atoms. The molecule has 5 atom stereocenters. The number of halogens is 1. The van der Waals surface area contributed by atoms with Crippen molar-refractivity contribution in [1.82, 2.24) is 0 Å². The van der Waals surface area contributed by atoms with Gasteiger partial charge in [0.2, 0.25) is 0 Å². The van der Waals surface area contributed by atoms with Gasteiger partial charge in [-0.25, -0.2) is 0 Å². The molecule has 1 aromatic carbocycles. The largest absolute Gasteiger partial charge is 0.497 e. The van der Waals surface area contributed by atoms with E-state index in [4.69, 9.17) is 9.47 Å². The Morgan fingerprint density at radius 1 is 1.31 bits per heavy atom. The van der Waals surface area contributed by atoms with Gasteiger partial charge in [0.1, 0.15) is 11.5 Å². The molecule has 3 aliphatic carbocycles. The lowest BCUT2D eigenvalue weighted by molar-refractivity contribution is -0.132. The summed E-state index contributed by atoms with van der Waals surface area (Å²) in [6.45, 7) is 3.60. The first-order valence-corrected chi connectivity index (χ1v) is 10.3. The number of benzene rings is 1. The number of carbonyl (C=O) groups is 2. The zero-order valence-corrected chi connectivity index (χ0v) is 17.1. The number of methoxy groups -OCH3 is 1. The second-order valence-corrected chi connectivity index (χ2v) is 9.34. The van der Waals surface area contributed by atoms with Crippen LogP contribution in [0.1, 0.15) is 56.6 Å². The maximum atomic E-state index is 12.7. The molecule has 1 aromatic rings. The molecule has 26 heavy (non-hydrogen) atoms. The Bertz CT molecular complexity index is 774. The van der Waals surface area contributed by atoms with Gasteiger partial charge in [-0.1, -0.05) is 22.9 Å². The van der Waals surface area contributed by atoms with E-state index in [0.29, 0.717) is 29.3 Å². The van der Waals surface area contributed by atoms with Crippen molar-refractivity contribution in [2.24, 2.45) is 17.3 Å². The Morgan fingerprint density at radius 2 is 2.08 bits per heavy atom. The number of alkyl halides is 1. The first-order chi connectivity index (χ1) is 12.3. The molecule has 0 amide bonds. The summed E-state index contributed by atoms with van der Waals surface area (Å²) in [5.41, 5.74) is 2.19. The molecule has 0 bridgehead atoms. The molecule has 0 aromatic heterocycles. The van der Waals surface area contributed by atoms with Crippen LogP contribution in [0.3, 0.4) is 0 Å². The van der Waals surface area contributed by atoms with Crippen LogP contribution in [0.5, 0.6) is 11.5 Å². The molecule has 0 radical (unpaired) electrons. The molecule has 0 unspecified atom stereocenters. The number of fused-ring (bicyclic) bond motifs is 5. The van der Waals surface area contributed by atoms with E-state index < -0.39 is 0 Å². The number of aryl methyl sites for hydroxylation is 1. The summed E-state index contributed by atoms with van der Waals surface area (Å²) < 4.78 is 11.0. The van der Waals surface area contributed by atoms with Gasteiger partial charge in [-0.15, -0.1) is 0 Å². The monoisotopic (exact) mass is 420 g/mol. The van der Waals surface area contributed by atoms with Crippen molar-refractivity contribution in [2.45, 2.75) is 56.7 Å². The van der Waals surface area contributed by atoms with E-state index in [2.05, 4.69) is 28.9 Å². The Balaban J connectivity index is 1.77. The zero-order chi connectivity index (χ0) is 18.6. The van der Waals surface area contributed by atoms with Crippen molar-refractivity contribution < 1.29 is 19.1 Å². The molecule has 0 saturated heterocycles. The lowest BCUT2D eigenvalue weighted by atomic mass is 9.55. The fourth-order valence-corrected chi connectivity index (χ4v) is 6.69. The highest BCUT2D eigenvalue weighted by Crippen LogP contribution is 2.61. The average Bonchev–Trinajstić information content (AvgIpc) is 2.84. The van der Waals surface area contributed by atoms with Crippen LogP contribution in [0.25, 0.3) is 0 Å². The maximum Gasteiger partial charge on any atom is 0.308 e. The average molecular weight is 421 g/mol. The molecule has 2 fully saturated rings. The Hall–Kier alpha value is -1.36. The molecule has 2 saturated carbocycles. The van der Waals surface area contributed by atoms with Gasteiger partial charge in [-0.2, -0.15) is 0 Å². The van der Waals surface area contributed by atoms with Crippen LogP contribution in [-0.2, 0) is 16.0 Å². The fourth-order valence-electron chi connectivity index (χ4n) is 5.76. The molecule has 0 aliphatic heterocycles. The van der Waals surface area contributed by atoms with Gasteiger partial charge in [-0.05, 0) is 61.5 Å². The highest BCUT2D eigenvalue weighted by molar-refractivity contribution is 9.10. The van der Waals surface area contributed by atoms with Crippen LogP contribution in [0.2, 0.25) is 0 Å². The summed E-state index contributed by atoms with van der Waals surface area (Å²) in [5, 5.41) is 0. The summed E-state index contributed by atoms with van der Waals surface area (Å²) in [4.78, 5) is 24.4. The third kappa shape index (κ3) is 2.62. The molecule has 0 N–H and O–H groups in total. The molecule has 140 valence electrons. The predicted octanol–water partition coefficient (Wildman–Crippen LogP) is 4.42. The minimum absolute atomic E-state index is 0.0125. The Morgan fingerprint density at radius 3 is 2.77 bits per heavy atom. The Kier molecular flexibility index (Phi) is 4.41. The highest BCUT2D eigenvalue weighted by Gasteiger charge is 2.57. The lowest BCUT2D eigenvalue weighted by Gasteiger charge is -2.48. The second-order valence-electron chi connectivity index (χ2n) is 8.23. The number of Topliss-reactive ketones (excluding diaryl/α,β-unsaturated/α-hetero) is 1. The van der Waals surface area contributed by atoms with Crippen molar-refractivity contribution in [3.63, 3.8) is 0 Å². The van der Waals surface area contributed by atoms with Gasteiger partial charge < -0.3 is 9.47 Å². The van der Waals surface area contributed by atoms with Gasteiger partial charge in [0.15, 0.2) is 5.78 Å². The fraction of sp³-hybridized carbons (Fsp3) is 0.619. The standard InChI is InChI=1S/C21H25BrO4/c1-11(23)26-18-9-13(25-3)8-12-4-5-14-15(19(12)18)6-7-21(2)16(14)10-17(22)20(21)24/h8-9,14-17H,4-7,10H2,1-3H3/t14-,15+,16+,17-,21+/m1/s1. The zero-order valence-electron chi connectivity index (χ0n) is 15.5. The van der Waals surface area contributed by atoms with Gasteiger partial charge in [0.05, 0.1) is 11.9 Å². The van der Waals surface area contributed by atoms with Crippen molar-refractivity contribution in [2.75, 3.05) is 7.11 Å². The smallest absolute Gasteiger partial charge is 0.308 e. The van der Waals surface area contributed by atoms with Crippen LogP contribution in [0, 0.1) is 17.3 Å². The summed E-state index contributed by atoms with van der Waals surface area (Å²) in [7, 11) is 1.64. The predicted molar refractivity (Wildman–Crippen MR) is 102 cm³/mol. The molecular formula is C21H25BrO4. The molecule has 5 heteroatoms. The SMILES string of the molecule is COc1cc2c(c(OC(C)=O)c1)[C@H]1CC[C@]3(C)C(=O)[C@H](Br)C[C@H]3[C@@H]1CC2. The van der Waals surface area contributed by atoms with Crippen LogP contribution in [-0.4, -0.2) is 23.7 Å². The number of ether oxygens (including phenoxy) is 2. The number of esters is 1. The van der Waals surface area contributed by atoms with E-state index in [-0.39, 0.29) is 16.2 Å². The normalized spacial score (nSPS) is 35.3. The summed E-state index contributed by atoms with van der Waals surface area (Å²) in [6, 6.07) is 3.92. The van der Waals surface area contributed by atoms with E-state index in [1.54, 1.807) is 7.11 Å². The van der Waals surface area contributed by atoms with Crippen LogP contribution in [0.4, 0.5) is 0 Å². The number of hydrogen-bond donors (Lipinski definition) is 0. The first-order valence-electron chi connectivity index (χ1n) is 9.42. The van der Waals surface area contributed by atoms with Crippen molar-refractivity contribution >= 4 is 27.7 Å².